The molecule has 2 aromatic rings. The van der Waals surface area contributed by atoms with Gasteiger partial charge in [-0.05, 0) is 50.8 Å². The Hall–Kier alpha value is -2.20. The second-order valence-corrected chi connectivity index (χ2v) is 7.29. The van der Waals surface area contributed by atoms with Crippen molar-refractivity contribution in [3.63, 3.8) is 0 Å². The molecule has 0 radical (unpaired) electrons. The highest BCUT2D eigenvalue weighted by atomic mass is 16.5. The second kappa shape index (κ2) is 8.45. The van der Waals surface area contributed by atoms with Crippen LogP contribution in [0.4, 0.5) is 0 Å². The number of rotatable bonds is 7. The highest BCUT2D eigenvalue weighted by Crippen LogP contribution is 2.36. The average Bonchev–Trinajstić information content (AvgIpc) is 3.10. The number of likely N-dealkylation sites (tertiary alicyclic amines) is 1. The SMILES string of the molecule is CCOCC1(CCc2ccccc2)CCN(C(=O)c2ccc(C)nc2)C1. The van der Waals surface area contributed by atoms with Crippen LogP contribution < -0.4 is 0 Å². The first-order valence-electron chi connectivity index (χ1n) is 9.45. The number of carbonyl (C=O) groups excluding carboxylic acids is 1. The first kappa shape index (κ1) is 18.6. The Morgan fingerprint density at radius 1 is 1.23 bits per heavy atom. The minimum atomic E-state index is 0.0413. The lowest BCUT2D eigenvalue weighted by molar-refractivity contribution is 0.0465. The smallest absolute Gasteiger partial charge is 0.255 e. The van der Waals surface area contributed by atoms with Gasteiger partial charge in [0, 0.05) is 37.0 Å². The van der Waals surface area contributed by atoms with Gasteiger partial charge in [0.25, 0.3) is 5.91 Å². The number of aromatic nitrogens is 1. The van der Waals surface area contributed by atoms with E-state index in [1.165, 1.54) is 5.56 Å². The van der Waals surface area contributed by atoms with E-state index in [0.29, 0.717) is 18.8 Å². The second-order valence-electron chi connectivity index (χ2n) is 7.29. The van der Waals surface area contributed by atoms with Gasteiger partial charge >= 0.3 is 0 Å². The zero-order valence-corrected chi connectivity index (χ0v) is 15.8. The summed E-state index contributed by atoms with van der Waals surface area (Å²) in [6.07, 6.45) is 4.73. The van der Waals surface area contributed by atoms with Crippen LogP contribution in [0, 0.1) is 12.3 Å². The molecule has 1 aliphatic heterocycles. The number of pyridine rings is 1. The molecule has 0 spiro atoms. The molecule has 1 aliphatic rings. The third kappa shape index (κ3) is 4.50. The van der Waals surface area contributed by atoms with Crippen molar-refractivity contribution in [1.82, 2.24) is 9.88 Å². The Morgan fingerprint density at radius 3 is 2.73 bits per heavy atom. The summed E-state index contributed by atoms with van der Waals surface area (Å²) in [5.41, 5.74) is 2.98. The van der Waals surface area contributed by atoms with Crippen molar-refractivity contribution in [1.29, 1.82) is 0 Å². The van der Waals surface area contributed by atoms with E-state index in [0.717, 1.165) is 38.0 Å². The standard InChI is InChI=1S/C22H28N2O2/c1-3-26-17-22(12-11-19-7-5-4-6-8-19)13-14-24(16-22)21(25)20-10-9-18(2)23-15-20/h4-10,15H,3,11-14,16-17H2,1-2H3. The maximum atomic E-state index is 12.8. The quantitative estimate of drug-likeness (QED) is 0.759. The van der Waals surface area contributed by atoms with Crippen LogP contribution in [-0.4, -0.2) is 42.1 Å². The van der Waals surface area contributed by atoms with Gasteiger partial charge in [0.15, 0.2) is 0 Å². The predicted octanol–water partition coefficient (Wildman–Crippen LogP) is 3.89. The van der Waals surface area contributed by atoms with Crippen molar-refractivity contribution >= 4 is 5.91 Å². The van der Waals surface area contributed by atoms with Gasteiger partial charge < -0.3 is 9.64 Å². The summed E-state index contributed by atoms with van der Waals surface area (Å²) in [6, 6.07) is 14.3. The van der Waals surface area contributed by atoms with Crippen LogP contribution in [-0.2, 0) is 11.2 Å². The molecule has 1 saturated heterocycles. The van der Waals surface area contributed by atoms with Crippen LogP contribution in [0.25, 0.3) is 0 Å². The largest absolute Gasteiger partial charge is 0.381 e. The summed E-state index contributed by atoms with van der Waals surface area (Å²) < 4.78 is 5.81. The molecule has 3 rings (SSSR count). The summed E-state index contributed by atoms with van der Waals surface area (Å²) in [5, 5.41) is 0. The minimum absolute atomic E-state index is 0.0413. The molecule has 0 saturated carbocycles. The monoisotopic (exact) mass is 352 g/mol. The van der Waals surface area contributed by atoms with E-state index in [1.54, 1.807) is 6.20 Å². The van der Waals surface area contributed by atoms with E-state index in [2.05, 4.69) is 29.2 Å². The van der Waals surface area contributed by atoms with Crippen LogP contribution in [0.15, 0.2) is 48.7 Å². The van der Waals surface area contributed by atoms with Gasteiger partial charge in [-0.1, -0.05) is 30.3 Å². The van der Waals surface area contributed by atoms with Gasteiger partial charge in [0.1, 0.15) is 0 Å². The van der Waals surface area contributed by atoms with Crippen LogP contribution in [0.2, 0.25) is 0 Å². The zero-order chi connectivity index (χ0) is 18.4. The third-order valence-corrected chi connectivity index (χ3v) is 5.28. The van der Waals surface area contributed by atoms with Crippen molar-refractivity contribution in [3.8, 4) is 0 Å². The van der Waals surface area contributed by atoms with Crippen LogP contribution in [0.5, 0.6) is 0 Å². The van der Waals surface area contributed by atoms with Crippen LogP contribution in [0.3, 0.4) is 0 Å². The molecule has 1 aromatic carbocycles. The van der Waals surface area contributed by atoms with E-state index >= 15 is 0 Å². The molecule has 138 valence electrons. The Bertz CT molecular complexity index is 715. The number of ether oxygens (including phenoxy) is 1. The van der Waals surface area contributed by atoms with Crippen LogP contribution in [0.1, 0.15) is 41.4 Å². The summed E-state index contributed by atoms with van der Waals surface area (Å²) in [6.45, 7) is 6.93. The molecule has 4 nitrogen and oxygen atoms in total. The molecule has 1 unspecified atom stereocenters. The number of hydrogen-bond donors (Lipinski definition) is 0. The molecule has 4 heteroatoms. The van der Waals surface area contributed by atoms with Crippen molar-refractivity contribution in [3.05, 3.63) is 65.5 Å². The van der Waals surface area contributed by atoms with Crippen molar-refractivity contribution in [2.45, 2.75) is 33.1 Å². The highest BCUT2D eigenvalue weighted by molar-refractivity contribution is 5.94. The number of hydrogen-bond acceptors (Lipinski definition) is 3. The molecular weight excluding hydrogens is 324 g/mol. The summed E-state index contributed by atoms with van der Waals surface area (Å²) in [4.78, 5) is 19.1. The number of amides is 1. The molecule has 0 N–H and O–H groups in total. The van der Waals surface area contributed by atoms with Gasteiger partial charge in [0.05, 0.1) is 12.2 Å². The average molecular weight is 352 g/mol. The molecule has 0 aliphatic carbocycles. The van der Waals surface area contributed by atoms with E-state index in [-0.39, 0.29) is 11.3 Å². The van der Waals surface area contributed by atoms with Gasteiger partial charge in [0.2, 0.25) is 0 Å². The zero-order valence-electron chi connectivity index (χ0n) is 15.8. The molecule has 1 amide bonds. The Kier molecular flexibility index (Phi) is 6.04. The maximum absolute atomic E-state index is 12.8. The molecule has 1 atom stereocenters. The summed E-state index contributed by atoms with van der Waals surface area (Å²) in [5.74, 6) is 0.0792. The van der Waals surface area contributed by atoms with E-state index in [1.807, 2.05) is 36.9 Å². The van der Waals surface area contributed by atoms with Crippen molar-refractivity contribution < 1.29 is 9.53 Å². The Balaban J connectivity index is 1.68. The molecule has 0 bridgehead atoms. The molecule has 1 fully saturated rings. The lowest BCUT2D eigenvalue weighted by Crippen LogP contribution is -2.35. The Labute approximate surface area is 156 Å². The van der Waals surface area contributed by atoms with Gasteiger partial charge in [-0.2, -0.15) is 0 Å². The fourth-order valence-corrected chi connectivity index (χ4v) is 3.65. The number of carbonyl (C=O) groups is 1. The number of nitrogens with zero attached hydrogens (tertiary/aromatic N) is 2. The third-order valence-electron chi connectivity index (χ3n) is 5.28. The fraction of sp³-hybridized carbons (Fsp3) is 0.455. The molecule has 1 aromatic heterocycles. The summed E-state index contributed by atoms with van der Waals surface area (Å²) >= 11 is 0. The summed E-state index contributed by atoms with van der Waals surface area (Å²) in [7, 11) is 0. The predicted molar refractivity (Wildman–Crippen MR) is 103 cm³/mol. The molecule has 26 heavy (non-hydrogen) atoms. The topological polar surface area (TPSA) is 42.4 Å². The highest BCUT2D eigenvalue weighted by Gasteiger charge is 2.40. The van der Waals surface area contributed by atoms with E-state index in [9.17, 15) is 4.79 Å². The van der Waals surface area contributed by atoms with Gasteiger partial charge in [-0.3, -0.25) is 9.78 Å². The van der Waals surface area contributed by atoms with Crippen molar-refractivity contribution in [2.24, 2.45) is 5.41 Å². The minimum Gasteiger partial charge on any atom is -0.381 e. The van der Waals surface area contributed by atoms with Crippen molar-refractivity contribution in [2.75, 3.05) is 26.3 Å². The number of aryl methyl sites for hydroxylation is 2. The maximum Gasteiger partial charge on any atom is 0.255 e. The van der Waals surface area contributed by atoms with Gasteiger partial charge in [-0.15, -0.1) is 0 Å². The lowest BCUT2D eigenvalue weighted by atomic mass is 9.82. The van der Waals surface area contributed by atoms with Gasteiger partial charge in [-0.25, -0.2) is 0 Å². The molecule has 2 heterocycles. The van der Waals surface area contributed by atoms with E-state index < -0.39 is 0 Å². The number of benzene rings is 1. The fourth-order valence-electron chi connectivity index (χ4n) is 3.65. The first-order chi connectivity index (χ1) is 12.6. The molecular formula is C22H28N2O2. The Morgan fingerprint density at radius 2 is 2.04 bits per heavy atom. The van der Waals surface area contributed by atoms with E-state index in [4.69, 9.17) is 4.74 Å². The normalized spacial score (nSPS) is 19.7. The lowest BCUT2D eigenvalue weighted by Gasteiger charge is -2.29. The van der Waals surface area contributed by atoms with Crippen LogP contribution >= 0.6 is 0 Å². The first-order valence-corrected chi connectivity index (χ1v) is 9.45.